The molecule has 0 saturated carbocycles. The van der Waals surface area contributed by atoms with E-state index in [1.807, 2.05) is 54.6 Å². The van der Waals surface area contributed by atoms with Crippen LogP contribution in [0.15, 0.2) is 54.6 Å². The van der Waals surface area contributed by atoms with Crippen molar-refractivity contribution in [3.63, 3.8) is 0 Å². The smallest absolute Gasteiger partial charge is 0.133 e. The maximum Gasteiger partial charge on any atom is 0.133 e. The molecule has 3 rings (SSSR count). The lowest BCUT2D eigenvalue weighted by molar-refractivity contribution is 0.0249. The molecule has 0 N–H and O–H groups in total. The molecule has 0 aliphatic carbocycles. The van der Waals surface area contributed by atoms with Gasteiger partial charge in [0, 0.05) is 18.7 Å². The fraction of sp³-hybridized carbons (Fsp3) is 0.250. The molecule has 1 fully saturated rings. The Hall–Kier alpha value is -1.84. The van der Waals surface area contributed by atoms with Crippen LogP contribution in [0, 0.1) is 0 Å². The van der Waals surface area contributed by atoms with Crippen LogP contribution in [-0.4, -0.2) is 19.7 Å². The molecule has 3 heteroatoms. The zero-order valence-electron chi connectivity index (χ0n) is 10.7. The standard InChI is InChI=1S/C16H16NO2/c1-2-6-13(7-3-1)19-15-9-5-4-8-14(15)16-12-17-10-11-18-16/h1-9,16H,10-12H2. The van der Waals surface area contributed by atoms with Crippen LogP contribution < -0.4 is 10.1 Å². The van der Waals surface area contributed by atoms with Crippen LogP contribution >= 0.6 is 0 Å². The second-order valence-corrected chi connectivity index (χ2v) is 4.44. The van der Waals surface area contributed by atoms with Gasteiger partial charge < -0.3 is 9.47 Å². The molecule has 2 aromatic carbocycles. The first-order chi connectivity index (χ1) is 9.43. The summed E-state index contributed by atoms with van der Waals surface area (Å²) in [4.78, 5) is 0. The Morgan fingerprint density at radius 1 is 1.00 bits per heavy atom. The molecule has 3 nitrogen and oxygen atoms in total. The number of nitrogens with zero attached hydrogens (tertiary/aromatic N) is 1. The van der Waals surface area contributed by atoms with Crippen LogP contribution in [-0.2, 0) is 4.74 Å². The minimum absolute atomic E-state index is 0.00802. The molecule has 1 aliphatic heterocycles. The van der Waals surface area contributed by atoms with E-state index in [1.165, 1.54) is 0 Å². The monoisotopic (exact) mass is 254 g/mol. The van der Waals surface area contributed by atoms with Crippen molar-refractivity contribution >= 4 is 0 Å². The van der Waals surface area contributed by atoms with E-state index < -0.39 is 0 Å². The Bertz CT molecular complexity index is 521. The van der Waals surface area contributed by atoms with Crippen molar-refractivity contribution in [3.05, 3.63) is 60.2 Å². The highest BCUT2D eigenvalue weighted by Gasteiger charge is 2.20. The zero-order valence-corrected chi connectivity index (χ0v) is 10.7. The Kier molecular flexibility index (Phi) is 3.77. The number of ether oxygens (including phenoxy) is 2. The summed E-state index contributed by atoms with van der Waals surface area (Å²) >= 11 is 0. The summed E-state index contributed by atoms with van der Waals surface area (Å²) in [5, 5.41) is 4.40. The van der Waals surface area contributed by atoms with Gasteiger partial charge in [0.1, 0.15) is 17.6 Å². The Morgan fingerprint density at radius 2 is 1.79 bits per heavy atom. The summed E-state index contributed by atoms with van der Waals surface area (Å²) < 4.78 is 11.7. The minimum Gasteiger partial charge on any atom is -0.457 e. The third-order valence-electron chi connectivity index (χ3n) is 3.10. The van der Waals surface area contributed by atoms with E-state index in [2.05, 4.69) is 5.32 Å². The molecule has 0 aromatic heterocycles. The highest BCUT2D eigenvalue weighted by Crippen LogP contribution is 2.31. The van der Waals surface area contributed by atoms with Gasteiger partial charge in [-0.25, -0.2) is 5.32 Å². The van der Waals surface area contributed by atoms with Crippen molar-refractivity contribution in [1.82, 2.24) is 5.32 Å². The molecule has 1 radical (unpaired) electrons. The summed E-state index contributed by atoms with van der Waals surface area (Å²) in [5.74, 6) is 1.68. The number of para-hydroxylation sites is 2. The highest BCUT2D eigenvalue weighted by molar-refractivity contribution is 5.39. The molecule has 1 atom stereocenters. The van der Waals surface area contributed by atoms with E-state index in [-0.39, 0.29) is 6.10 Å². The van der Waals surface area contributed by atoms with Gasteiger partial charge in [0.05, 0.1) is 6.61 Å². The van der Waals surface area contributed by atoms with Crippen molar-refractivity contribution in [1.29, 1.82) is 0 Å². The molecule has 2 aromatic rings. The number of morpholine rings is 1. The summed E-state index contributed by atoms with van der Waals surface area (Å²) in [7, 11) is 0. The zero-order chi connectivity index (χ0) is 12.9. The fourth-order valence-electron chi connectivity index (χ4n) is 2.16. The lowest BCUT2D eigenvalue weighted by Gasteiger charge is -2.24. The first kappa shape index (κ1) is 12.2. The Morgan fingerprint density at radius 3 is 2.58 bits per heavy atom. The number of rotatable bonds is 3. The molecular weight excluding hydrogens is 238 g/mol. The summed E-state index contributed by atoms with van der Waals surface area (Å²) in [6, 6.07) is 17.8. The third-order valence-corrected chi connectivity index (χ3v) is 3.10. The molecular formula is C16H16NO2. The molecule has 0 amide bonds. The van der Waals surface area contributed by atoms with E-state index in [0.29, 0.717) is 13.2 Å². The van der Waals surface area contributed by atoms with Crippen LogP contribution in [0.25, 0.3) is 0 Å². The molecule has 19 heavy (non-hydrogen) atoms. The average molecular weight is 254 g/mol. The summed E-state index contributed by atoms with van der Waals surface area (Å²) in [6.45, 7) is 2.18. The fourth-order valence-corrected chi connectivity index (χ4v) is 2.16. The van der Waals surface area contributed by atoms with E-state index in [9.17, 15) is 0 Å². The molecule has 1 heterocycles. The summed E-state index contributed by atoms with van der Waals surface area (Å²) in [5.41, 5.74) is 1.06. The first-order valence-electron chi connectivity index (χ1n) is 6.50. The predicted octanol–water partition coefficient (Wildman–Crippen LogP) is 3.15. The van der Waals surface area contributed by atoms with Crippen molar-refractivity contribution in [2.45, 2.75) is 6.10 Å². The molecule has 0 bridgehead atoms. The van der Waals surface area contributed by atoms with E-state index in [4.69, 9.17) is 9.47 Å². The van der Waals surface area contributed by atoms with Gasteiger partial charge in [-0.05, 0) is 18.2 Å². The van der Waals surface area contributed by atoms with Crippen LogP contribution in [0.2, 0.25) is 0 Å². The van der Waals surface area contributed by atoms with Crippen molar-refractivity contribution in [3.8, 4) is 11.5 Å². The molecule has 1 aliphatic rings. The van der Waals surface area contributed by atoms with Crippen LogP contribution in [0.3, 0.4) is 0 Å². The van der Waals surface area contributed by atoms with Gasteiger partial charge in [-0.1, -0.05) is 36.4 Å². The van der Waals surface area contributed by atoms with Gasteiger partial charge in [-0.2, -0.15) is 0 Å². The van der Waals surface area contributed by atoms with E-state index in [0.717, 1.165) is 23.6 Å². The van der Waals surface area contributed by atoms with Crippen LogP contribution in [0.1, 0.15) is 11.7 Å². The molecule has 1 saturated heterocycles. The van der Waals surface area contributed by atoms with Gasteiger partial charge in [0.25, 0.3) is 0 Å². The molecule has 97 valence electrons. The van der Waals surface area contributed by atoms with Gasteiger partial charge in [0.2, 0.25) is 0 Å². The number of benzene rings is 2. The summed E-state index contributed by atoms with van der Waals surface area (Å²) in [6.07, 6.45) is 0.00802. The molecule has 0 spiro atoms. The SMILES string of the molecule is c1ccc(Oc2ccccc2C2C[N]CCO2)cc1. The second-order valence-electron chi connectivity index (χ2n) is 4.44. The van der Waals surface area contributed by atoms with Crippen LogP contribution in [0.5, 0.6) is 11.5 Å². The van der Waals surface area contributed by atoms with Gasteiger partial charge >= 0.3 is 0 Å². The normalized spacial score (nSPS) is 19.1. The lowest BCUT2D eigenvalue weighted by Crippen LogP contribution is -2.28. The largest absolute Gasteiger partial charge is 0.457 e. The van der Waals surface area contributed by atoms with Crippen molar-refractivity contribution < 1.29 is 9.47 Å². The topological polar surface area (TPSA) is 32.6 Å². The Labute approximate surface area is 113 Å². The lowest BCUT2D eigenvalue weighted by atomic mass is 10.1. The quantitative estimate of drug-likeness (QED) is 0.842. The predicted molar refractivity (Wildman–Crippen MR) is 73.5 cm³/mol. The van der Waals surface area contributed by atoms with Crippen molar-refractivity contribution in [2.24, 2.45) is 0 Å². The maximum atomic E-state index is 5.94. The first-order valence-corrected chi connectivity index (χ1v) is 6.50. The van der Waals surface area contributed by atoms with E-state index >= 15 is 0 Å². The third kappa shape index (κ3) is 2.95. The number of hydrogen-bond donors (Lipinski definition) is 0. The molecule has 1 unspecified atom stereocenters. The van der Waals surface area contributed by atoms with Crippen molar-refractivity contribution in [2.75, 3.05) is 19.7 Å². The highest BCUT2D eigenvalue weighted by atomic mass is 16.5. The van der Waals surface area contributed by atoms with Gasteiger partial charge in [-0.15, -0.1) is 0 Å². The van der Waals surface area contributed by atoms with Gasteiger partial charge in [-0.3, -0.25) is 0 Å². The maximum absolute atomic E-state index is 5.94. The van der Waals surface area contributed by atoms with Gasteiger partial charge in [0.15, 0.2) is 0 Å². The second kappa shape index (κ2) is 5.87. The van der Waals surface area contributed by atoms with Crippen LogP contribution in [0.4, 0.5) is 0 Å². The Balaban J connectivity index is 1.84. The average Bonchev–Trinajstić information content (AvgIpc) is 2.50. The number of hydrogen-bond acceptors (Lipinski definition) is 2. The minimum atomic E-state index is 0.00802. The van der Waals surface area contributed by atoms with E-state index in [1.54, 1.807) is 0 Å².